The zero-order valence-corrected chi connectivity index (χ0v) is 66.9. The second-order valence-corrected chi connectivity index (χ2v) is 32.0. The summed E-state index contributed by atoms with van der Waals surface area (Å²) in [6.07, 6.45) is 107. The fourth-order valence-electron chi connectivity index (χ4n) is 12.9. The Morgan fingerprint density at radius 2 is 0.551 bits per heavy atom. The van der Waals surface area contributed by atoms with E-state index in [1.54, 1.807) is 0 Å². The van der Waals surface area contributed by atoms with E-state index in [0.717, 1.165) is 51.4 Å². The first-order valence-electron chi connectivity index (χ1n) is 43.0. The molecule has 1 N–H and O–H groups in total. The molecule has 0 bridgehead atoms. The fourth-order valence-corrected chi connectivity index (χ4v) is 13.7. The number of carbonyl (C=O) groups excluding carboxylic acids is 2. The number of likely N-dealkylation sites (N-methyl/N-ethyl adjacent to an activating group) is 1. The van der Waals surface area contributed by atoms with Crippen LogP contribution < -0.4 is 0 Å². The summed E-state index contributed by atoms with van der Waals surface area (Å²) in [5.74, 6) is -0.773. The Morgan fingerprint density at radius 1 is 0.316 bits per heavy atom. The summed E-state index contributed by atoms with van der Waals surface area (Å²) in [4.78, 5) is 36.0. The summed E-state index contributed by atoms with van der Waals surface area (Å²) >= 11 is 0. The first-order valence-corrected chi connectivity index (χ1v) is 44.5. The lowest BCUT2D eigenvalue weighted by Gasteiger charge is -2.24. The first kappa shape index (κ1) is 95.7. The van der Waals surface area contributed by atoms with Crippen LogP contribution in [0.5, 0.6) is 0 Å². The number of allylic oxidation sites excluding steroid dienone is 10. The number of phosphoric ester groups is 1. The number of carbonyl (C=O) groups is 2. The van der Waals surface area contributed by atoms with Crippen LogP contribution in [0.25, 0.3) is 0 Å². The van der Waals surface area contributed by atoms with Crippen LogP contribution >= 0.6 is 7.82 Å². The molecule has 0 radical (unpaired) electrons. The Labute approximate surface area is 610 Å². The Balaban J connectivity index is 3.86. The highest BCUT2D eigenvalue weighted by Crippen LogP contribution is 2.43. The van der Waals surface area contributed by atoms with Gasteiger partial charge in [0, 0.05) is 12.8 Å². The molecule has 10 heteroatoms. The van der Waals surface area contributed by atoms with Gasteiger partial charge in [-0.15, -0.1) is 0 Å². The summed E-state index contributed by atoms with van der Waals surface area (Å²) in [6.45, 7) is 4.49. The molecule has 2 unspecified atom stereocenters. The molecule has 0 amide bonds. The molecule has 0 aliphatic heterocycles. The largest absolute Gasteiger partial charge is 0.472 e. The molecule has 0 aliphatic carbocycles. The van der Waals surface area contributed by atoms with Crippen LogP contribution in [0, 0.1) is 0 Å². The smallest absolute Gasteiger partial charge is 0.462 e. The Morgan fingerprint density at radius 3 is 0.816 bits per heavy atom. The number of nitrogens with zero attached hydrogens (tertiary/aromatic N) is 1. The topological polar surface area (TPSA) is 108 Å². The maximum atomic E-state index is 12.9. The maximum Gasteiger partial charge on any atom is 0.472 e. The Bertz CT molecular complexity index is 1840. The lowest BCUT2D eigenvalue weighted by molar-refractivity contribution is -0.870. The van der Waals surface area contributed by atoms with Gasteiger partial charge in [-0.2, -0.15) is 0 Å². The van der Waals surface area contributed by atoms with E-state index in [1.807, 2.05) is 21.1 Å². The minimum absolute atomic E-state index is 0.0340. The zero-order valence-electron chi connectivity index (χ0n) is 66.0. The van der Waals surface area contributed by atoms with Gasteiger partial charge in [-0.05, 0) is 83.5 Å². The number of quaternary nitrogens is 1. The lowest BCUT2D eigenvalue weighted by atomic mass is 10.0. The molecule has 9 nitrogen and oxygen atoms in total. The summed E-state index contributed by atoms with van der Waals surface area (Å²) in [6, 6.07) is 0. The van der Waals surface area contributed by atoms with Crippen molar-refractivity contribution in [3.8, 4) is 0 Å². The summed E-state index contributed by atoms with van der Waals surface area (Å²) in [5.41, 5.74) is 0. The molecule has 98 heavy (non-hydrogen) atoms. The molecule has 576 valence electrons. The van der Waals surface area contributed by atoms with E-state index in [0.29, 0.717) is 23.9 Å². The third kappa shape index (κ3) is 82.7. The molecule has 0 aromatic heterocycles. The molecule has 0 saturated carbocycles. The SMILES string of the molecule is CCCCCCC/C=C\C/C=C\C/C=C\CCCCCCCCCCCCCCCCCCCCC(=O)OC(COC(=O)CCCCCCCCCCCCCCCCCCCCCCCCCCCCCCC/C=C\C/C=C\CCCCCCC)COP(=O)(O)OCC[N+](C)(C)C. The molecule has 0 aromatic rings. The van der Waals surface area contributed by atoms with Gasteiger partial charge in [0.15, 0.2) is 6.10 Å². The van der Waals surface area contributed by atoms with Gasteiger partial charge in [-0.25, -0.2) is 4.57 Å². The van der Waals surface area contributed by atoms with Crippen molar-refractivity contribution in [1.82, 2.24) is 0 Å². The van der Waals surface area contributed by atoms with E-state index >= 15 is 0 Å². The zero-order chi connectivity index (χ0) is 71.1. The first-order chi connectivity index (χ1) is 48.0. The quantitative estimate of drug-likeness (QED) is 0.0211. The van der Waals surface area contributed by atoms with E-state index in [1.165, 1.54) is 353 Å². The maximum absolute atomic E-state index is 12.9. The van der Waals surface area contributed by atoms with E-state index in [9.17, 15) is 19.0 Å². The minimum Gasteiger partial charge on any atom is -0.462 e. The van der Waals surface area contributed by atoms with E-state index in [-0.39, 0.29) is 25.6 Å². The number of esters is 2. The number of rotatable bonds is 81. The fraction of sp³-hybridized carbons (Fsp3) is 0.864. The van der Waals surface area contributed by atoms with Crippen LogP contribution in [-0.2, 0) is 32.7 Å². The van der Waals surface area contributed by atoms with E-state index in [2.05, 4.69) is 74.6 Å². The number of phosphoric acid groups is 1. The van der Waals surface area contributed by atoms with Crippen molar-refractivity contribution < 1.29 is 42.1 Å². The second-order valence-electron chi connectivity index (χ2n) is 30.6. The van der Waals surface area contributed by atoms with Crippen LogP contribution in [0.1, 0.15) is 438 Å². The van der Waals surface area contributed by atoms with Crippen LogP contribution in [0.15, 0.2) is 60.8 Å². The van der Waals surface area contributed by atoms with Crippen LogP contribution in [0.2, 0.25) is 0 Å². The summed E-state index contributed by atoms with van der Waals surface area (Å²) in [7, 11) is 1.50. The highest BCUT2D eigenvalue weighted by molar-refractivity contribution is 7.47. The van der Waals surface area contributed by atoms with Crippen LogP contribution in [0.4, 0.5) is 0 Å². The molecule has 0 spiro atoms. The van der Waals surface area contributed by atoms with Gasteiger partial charge in [-0.1, -0.05) is 402 Å². The van der Waals surface area contributed by atoms with Gasteiger partial charge < -0.3 is 18.9 Å². The molecular formula is C88H167NO8P+. The van der Waals surface area contributed by atoms with E-state index < -0.39 is 26.5 Å². The number of unbranched alkanes of at least 4 members (excludes halogenated alkanes) is 57. The van der Waals surface area contributed by atoms with Gasteiger partial charge in [-0.3, -0.25) is 18.6 Å². The Kier molecular flexibility index (Phi) is 77.0. The summed E-state index contributed by atoms with van der Waals surface area (Å²) in [5, 5.41) is 0. The lowest BCUT2D eigenvalue weighted by Crippen LogP contribution is -2.37. The molecule has 0 aliphatic rings. The van der Waals surface area contributed by atoms with Gasteiger partial charge in [0.05, 0.1) is 27.7 Å². The van der Waals surface area contributed by atoms with Crippen molar-refractivity contribution in [2.45, 2.75) is 444 Å². The highest BCUT2D eigenvalue weighted by atomic mass is 31.2. The van der Waals surface area contributed by atoms with Crippen molar-refractivity contribution in [3.63, 3.8) is 0 Å². The second kappa shape index (κ2) is 78.8. The average Bonchev–Trinajstić information content (AvgIpc) is 1.08. The molecule has 0 saturated heterocycles. The number of hydrogen-bond donors (Lipinski definition) is 1. The van der Waals surface area contributed by atoms with Crippen molar-refractivity contribution >= 4 is 19.8 Å². The van der Waals surface area contributed by atoms with Gasteiger partial charge >= 0.3 is 19.8 Å². The number of ether oxygens (including phenoxy) is 2. The standard InChI is InChI=1S/C88H166NO8P/c1-6-8-10-12-14-16-18-20-22-24-26-28-30-32-34-36-38-40-41-42-43-44-45-46-47-49-50-52-54-56-58-60-62-64-66-68-70-72-74-76-78-80-87(90)94-84-86(85-96-98(92,93)95-83-82-89(3,4)5)97-88(91)81-79-77-75-73-71-69-67-65-63-61-59-57-55-53-51-48-39-37-35-33-31-29-27-25-23-21-19-17-15-13-11-9-7-2/h18-21,24-27,31,33,86H,6-17,22-23,28-30,32,34-85H2,1-5H3/p+1/b20-18-,21-19-,26-24-,27-25-,33-31-. The molecule has 0 fully saturated rings. The normalized spacial score (nSPS) is 13.2. The van der Waals surface area contributed by atoms with Gasteiger partial charge in [0.1, 0.15) is 19.8 Å². The number of hydrogen-bond acceptors (Lipinski definition) is 7. The van der Waals surface area contributed by atoms with Crippen molar-refractivity contribution in [2.24, 2.45) is 0 Å². The van der Waals surface area contributed by atoms with Crippen molar-refractivity contribution in [2.75, 3.05) is 47.5 Å². The van der Waals surface area contributed by atoms with Crippen molar-refractivity contribution in [1.29, 1.82) is 0 Å². The van der Waals surface area contributed by atoms with E-state index in [4.69, 9.17) is 18.5 Å². The highest BCUT2D eigenvalue weighted by Gasteiger charge is 2.27. The van der Waals surface area contributed by atoms with Crippen LogP contribution in [0.3, 0.4) is 0 Å². The van der Waals surface area contributed by atoms with Crippen LogP contribution in [-0.4, -0.2) is 74.9 Å². The van der Waals surface area contributed by atoms with Gasteiger partial charge in [0.25, 0.3) is 0 Å². The predicted molar refractivity (Wildman–Crippen MR) is 427 cm³/mol. The molecule has 0 heterocycles. The average molecular weight is 1400 g/mol. The molecule has 0 aromatic carbocycles. The third-order valence-corrected chi connectivity index (χ3v) is 20.5. The Hall–Kier alpha value is -2.29. The molecule has 2 atom stereocenters. The third-order valence-electron chi connectivity index (χ3n) is 19.5. The monoisotopic (exact) mass is 1400 g/mol. The molecule has 0 rings (SSSR count). The van der Waals surface area contributed by atoms with Gasteiger partial charge in [0.2, 0.25) is 0 Å². The minimum atomic E-state index is -4.40. The summed E-state index contributed by atoms with van der Waals surface area (Å²) < 4.78 is 34.9. The predicted octanol–water partition coefficient (Wildman–Crippen LogP) is 28.8. The van der Waals surface area contributed by atoms with Crippen molar-refractivity contribution in [3.05, 3.63) is 60.8 Å². The molecular weight excluding hydrogens is 1230 g/mol.